The number of amides is 2. The SMILES string of the molecule is COC(=O)c1cc2c(cc1C)/C(=C(/Nc1ccc(C(=O)NCCN3CCN(S(C)(=O)=O)CC3)cc1)c1ccccc1)C(=O)N2. The van der Waals surface area contributed by atoms with Crippen LogP contribution >= 0.6 is 0 Å². The third-order valence-electron chi connectivity index (χ3n) is 7.76. The van der Waals surface area contributed by atoms with Crippen molar-refractivity contribution in [2.45, 2.75) is 6.92 Å². The van der Waals surface area contributed by atoms with Crippen molar-refractivity contribution >= 4 is 50.5 Å². The second-order valence-electron chi connectivity index (χ2n) is 10.7. The van der Waals surface area contributed by atoms with Crippen molar-refractivity contribution in [3.05, 3.63) is 94.5 Å². The predicted octanol–water partition coefficient (Wildman–Crippen LogP) is 3.02. The fraction of sp³-hybridized carbons (Fsp3) is 0.281. The van der Waals surface area contributed by atoms with Gasteiger partial charge in [0.1, 0.15) is 0 Å². The number of nitrogens with zero attached hydrogens (tertiary/aromatic N) is 2. The summed E-state index contributed by atoms with van der Waals surface area (Å²) >= 11 is 0. The van der Waals surface area contributed by atoms with Crippen LogP contribution in [0.3, 0.4) is 0 Å². The number of benzene rings is 3. The molecule has 0 radical (unpaired) electrons. The summed E-state index contributed by atoms with van der Waals surface area (Å²) in [5.74, 6) is -0.995. The first-order valence-corrected chi connectivity index (χ1v) is 16.1. The Bertz CT molecular complexity index is 1710. The number of esters is 1. The van der Waals surface area contributed by atoms with Crippen LogP contribution in [0.4, 0.5) is 11.4 Å². The fourth-order valence-electron chi connectivity index (χ4n) is 5.35. The standard InChI is InChI=1S/C32H35N5O6S/c1-21-19-26-27(20-25(21)32(40)43-2)35-31(39)28(26)29(22-7-5-4-6-8-22)34-24-11-9-23(10-12-24)30(38)33-13-14-36-15-17-37(18-16-36)44(3,41)42/h4-12,19-20,34H,13-18H2,1-3H3,(H,33,38)(H,35,39)/b29-28-. The molecule has 0 atom stereocenters. The first-order valence-electron chi connectivity index (χ1n) is 14.2. The Balaban J connectivity index is 1.30. The molecule has 0 unspecified atom stereocenters. The quantitative estimate of drug-likeness (QED) is 0.246. The van der Waals surface area contributed by atoms with Gasteiger partial charge in [-0.15, -0.1) is 0 Å². The number of fused-ring (bicyclic) bond motifs is 1. The van der Waals surface area contributed by atoms with E-state index in [1.54, 1.807) is 43.3 Å². The van der Waals surface area contributed by atoms with E-state index in [1.165, 1.54) is 17.7 Å². The van der Waals surface area contributed by atoms with Crippen LogP contribution in [-0.2, 0) is 19.6 Å². The highest BCUT2D eigenvalue weighted by Crippen LogP contribution is 2.39. The highest BCUT2D eigenvalue weighted by Gasteiger charge is 2.30. The van der Waals surface area contributed by atoms with Crippen molar-refractivity contribution in [1.29, 1.82) is 0 Å². The Morgan fingerprint density at radius 3 is 2.27 bits per heavy atom. The lowest BCUT2D eigenvalue weighted by molar-refractivity contribution is -0.110. The topological polar surface area (TPSA) is 137 Å². The van der Waals surface area contributed by atoms with Gasteiger partial charge in [0, 0.05) is 56.1 Å². The van der Waals surface area contributed by atoms with Crippen molar-refractivity contribution < 1.29 is 27.5 Å². The normalized spacial score (nSPS) is 16.6. The Labute approximate surface area is 256 Å². The maximum absolute atomic E-state index is 13.3. The lowest BCUT2D eigenvalue weighted by atomic mass is 9.96. The molecule has 0 bridgehead atoms. The van der Waals surface area contributed by atoms with E-state index in [0.29, 0.717) is 84.2 Å². The third-order valence-corrected chi connectivity index (χ3v) is 9.06. The first-order chi connectivity index (χ1) is 21.0. The van der Waals surface area contributed by atoms with Gasteiger partial charge < -0.3 is 20.7 Å². The number of ether oxygens (including phenoxy) is 1. The predicted molar refractivity (Wildman–Crippen MR) is 170 cm³/mol. The maximum atomic E-state index is 13.3. The monoisotopic (exact) mass is 617 g/mol. The zero-order valence-electron chi connectivity index (χ0n) is 24.8. The number of rotatable bonds is 9. The van der Waals surface area contributed by atoms with Crippen LogP contribution < -0.4 is 16.0 Å². The summed E-state index contributed by atoms with van der Waals surface area (Å²) in [6.45, 7) is 5.00. The number of piperazine rings is 1. The van der Waals surface area contributed by atoms with E-state index in [-0.39, 0.29) is 11.8 Å². The van der Waals surface area contributed by atoms with E-state index in [1.807, 2.05) is 30.3 Å². The molecule has 44 heavy (non-hydrogen) atoms. The minimum absolute atomic E-state index is 0.214. The van der Waals surface area contributed by atoms with Crippen molar-refractivity contribution in [1.82, 2.24) is 14.5 Å². The molecule has 2 heterocycles. The highest BCUT2D eigenvalue weighted by atomic mass is 32.2. The molecular formula is C32H35N5O6S. The fourth-order valence-corrected chi connectivity index (χ4v) is 6.18. The number of aryl methyl sites for hydroxylation is 1. The minimum atomic E-state index is -3.18. The van der Waals surface area contributed by atoms with Crippen LogP contribution in [0.15, 0.2) is 66.7 Å². The van der Waals surface area contributed by atoms with Crippen LogP contribution in [-0.4, -0.2) is 88.0 Å². The van der Waals surface area contributed by atoms with Gasteiger partial charge >= 0.3 is 5.97 Å². The van der Waals surface area contributed by atoms with Gasteiger partial charge in [-0.1, -0.05) is 30.3 Å². The van der Waals surface area contributed by atoms with Crippen LogP contribution in [0.2, 0.25) is 0 Å². The van der Waals surface area contributed by atoms with Gasteiger partial charge in [-0.25, -0.2) is 13.2 Å². The molecule has 11 nitrogen and oxygen atoms in total. The van der Waals surface area contributed by atoms with Crippen molar-refractivity contribution in [2.75, 3.05) is 63.3 Å². The molecule has 0 aliphatic carbocycles. The number of hydrogen-bond acceptors (Lipinski definition) is 8. The number of methoxy groups -OCH3 is 1. The molecule has 3 aromatic carbocycles. The number of carbonyl (C=O) groups excluding carboxylic acids is 3. The zero-order valence-corrected chi connectivity index (χ0v) is 25.7. The summed E-state index contributed by atoms with van der Waals surface area (Å²) < 4.78 is 29.8. The first kappa shape index (κ1) is 30.9. The van der Waals surface area contributed by atoms with E-state index in [2.05, 4.69) is 20.9 Å². The van der Waals surface area contributed by atoms with Crippen molar-refractivity contribution in [2.24, 2.45) is 0 Å². The molecule has 0 aromatic heterocycles. The summed E-state index contributed by atoms with van der Waals surface area (Å²) in [5.41, 5.74) is 5.23. The van der Waals surface area contributed by atoms with Gasteiger partial charge in [0.25, 0.3) is 11.8 Å². The highest BCUT2D eigenvalue weighted by molar-refractivity contribution is 7.88. The summed E-state index contributed by atoms with van der Waals surface area (Å²) in [7, 11) is -1.86. The molecule has 3 N–H and O–H groups in total. The van der Waals surface area contributed by atoms with E-state index < -0.39 is 16.0 Å². The van der Waals surface area contributed by atoms with Crippen molar-refractivity contribution in [3.8, 4) is 0 Å². The molecule has 5 rings (SSSR count). The second kappa shape index (κ2) is 13.0. The molecule has 3 aromatic rings. The molecular weight excluding hydrogens is 582 g/mol. The summed E-state index contributed by atoms with van der Waals surface area (Å²) in [6, 6.07) is 19.9. The lowest BCUT2D eigenvalue weighted by Gasteiger charge is -2.33. The van der Waals surface area contributed by atoms with Gasteiger partial charge in [0.2, 0.25) is 10.0 Å². The van der Waals surface area contributed by atoms with E-state index in [4.69, 9.17) is 4.74 Å². The molecule has 2 aliphatic rings. The van der Waals surface area contributed by atoms with E-state index in [0.717, 1.165) is 5.56 Å². The molecule has 0 spiro atoms. The molecule has 0 saturated carbocycles. The zero-order chi connectivity index (χ0) is 31.4. The molecule has 12 heteroatoms. The lowest BCUT2D eigenvalue weighted by Crippen LogP contribution is -2.49. The molecule has 1 saturated heterocycles. The minimum Gasteiger partial charge on any atom is -0.465 e. The number of sulfonamides is 1. The van der Waals surface area contributed by atoms with Gasteiger partial charge in [-0.05, 0) is 54.4 Å². The Morgan fingerprint density at radius 1 is 0.955 bits per heavy atom. The number of nitrogens with one attached hydrogen (secondary N) is 3. The Kier molecular flexibility index (Phi) is 9.14. The van der Waals surface area contributed by atoms with E-state index in [9.17, 15) is 22.8 Å². The summed E-state index contributed by atoms with van der Waals surface area (Å²) in [6.07, 6.45) is 1.22. The molecule has 2 aliphatic heterocycles. The third kappa shape index (κ3) is 6.83. The van der Waals surface area contributed by atoms with Gasteiger partial charge in [-0.2, -0.15) is 4.31 Å². The maximum Gasteiger partial charge on any atom is 0.338 e. The van der Waals surface area contributed by atoms with E-state index >= 15 is 0 Å². The van der Waals surface area contributed by atoms with Gasteiger partial charge in [-0.3, -0.25) is 14.5 Å². The number of hydrogen-bond donors (Lipinski definition) is 3. The van der Waals surface area contributed by atoms with Crippen molar-refractivity contribution in [3.63, 3.8) is 0 Å². The Hall–Kier alpha value is -4.52. The largest absolute Gasteiger partial charge is 0.465 e. The van der Waals surface area contributed by atoms with Crippen LogP contribution in [0.25, 0.3) is 11.3 Å². The average Bonchev–Trinajstić information content (AvgIpc) is 3.33. The molecule has 230 valence electrons. The summed E-state index contributed by atoms with van der Waals surface area (Å²) in [4.78, 5) is 40.5. The summed E-state index contributed by atoms with van der Waals surface area (Å²) in [5, 5.41) is 9.19. The number of anilines is 2. The van der Waals surface area contributed by atoms with Crippen LogP contribution in [0, 0.1) is 6.92 Å². The van der Waals surface area contributed by atoms with Gasteiger partial charge in [0.15, 0.2) is 0 Å². The second-order valence-corrected chi connectivity index (χ2v) is 12.7. The average molecular weight is 618 g/mol. The number of carbonyl (C=O) groups is 3. The Morgan fingerprint density at radius 2 is 1.64 bits per heavy atom. The molecule has 1 fully saturated rings. The van der Waals surface area contributed by atoms with Gasteiger partial charge in [0.05, 0.1) is 35.9 Å². The smallest absolute Gasteiger partial charge is 0.338 e. The van der Waals surface area contributed by atoms with Crippen LogP contribution in [0.1, 0.15) is 37.4 Å². The van der Waals surface area contributed by atoms with Crippen LogP contribution in [0.5, 0.6) is 0 Å². The molecule has 2 amide bonds.